The third-order valence-electron chi connectivity index (χ3n) is 5.33. The molecule has 2 aromatic rings. The molecule has 1 aliphatic heterocycles. The second kappa shape index (κ2) is 11.1. The Hall–Kier alpha value is -2.25. The smallest absolute Gasteiger partial charge is 0.257 e. The quantitative estimate of drug-likeness (QED) is 0.530. The van der Waals surface area contributed by atoms with Gasteiger partial charge in [0, 0.05) is 18.5 Å². The summed E-state index contributed by atoms with van der Waals surface area (Å²) in [6.45, 7) is 3.32. The first-order valence-corrected chi connectivity index (χ1v) is 10.8. The summed E-state index contributed by atoms with van der Waals surface area (Å²) in [5.41, 5.74) is 1.87. The second-order valence-corrected chi connectivity index (χ2v) is 7.78. The van der Waals surface area contributed by atoms with Crippen LogP contribution in [0.5, 0.6) is 0 Å². The normalized spacial score (nSPS) is 19.2. The maximum Gasteiger partial charge on any atom is 0.257 e. The molecule has 1 fully saturated rings. The van der Waals surface area contributed by atoms with Crippen LogP contribution < -0.4 is 10.6 Å². The zero-order valence-electron chi connectivity index (χ0n) is 17.2. The van der Waals surface area contributed by atoms with Gasteiger partial charge < -0.3 is 20.3 Å². The number of aromatic nitrogens is 2. The zero-order valence-corrected chi connectivity index (χ0v) is 17.2. The predicted octanol–water partition coefficient (Wildman–Crippen LogP) is 2.98. The fraction of sp³-hybridized carbons (Fsp3) is 0.591. The molecule has 1 aromatic carbocycles. The standard InChI is InChI=1S/C22H32N4O3/c1-2-3-4-5-6-7-20-25-22(29-26-20)17-10-8-16(9-11-17)15-24-21(28)19-14-18(27)12-13-23-19/h8-11,18-19,23,27H,2-7,12-15H2,1H3,(H,24,28). The van der Waals surface area contributed by atoms with Crippen molar-refractivity contribution in [3.8, 4) is 11.5 Å². The van der Waals surface area contributed by atoms with Crippen molar-refractivity contribution < 1.29 is 14.4 Å². The van der Waals surface area contributed by atoms with E-state index in [1.165, 1.54) is 25.7 Å². The van der Waals surface area contributed by atoms with E-state index in [1.54, 1.807) is 0 Å². The fourth-order valence-electron chi connectivity index (χ4n) is 3.53. The molecule has 2 atom stereocenters. The number of nitrogens with zero attached hydrogens (tertiary/aromatic N) is 2. The summed E-state index contributed by atoms with van der Waals surface area (Å²) in [6, 6.07) is 7.45. The number of nitrogens with one attached hydrogen (secondary N) is 2. The molecule has 0 radical (unpaired) electrons. The van der Waals surface area contributed by atoms with Gasteiger partial charge in [-0.3, -0.25) is 4.79 Å². The van der Waals surface area contributed by atoms with Gasteiger partial charge in [0.2, 0.25) is 5.91 Å². The van der Waals surface area contributed by atoms with E-state index in [0.717, 1.165) is 29.8 Å². The number of aliphatic hydroxyl groups is 1. The number of aliphatic hydroxyl groups excluding tert-OH is 1. The number of carbonyl (C=O) groups is 1. The Kier molecular flexibility index (Phi) is 8.19. The Labute approximate surface area is 172 Å². The highest BCUT2D eigenvalue weighted by atomic mass is 16.5. The number of piperidine rings is 1. The van der Waals surface area contributed by atoms with E-state index in [4.69, 9.17) is 4.52 Å². The first kappa shape index (κ1) is 21.5. The Morgan fingerprint density at radius 3 is 2.79 bits per heavy atom. The summed E-state index contributed by atoms with van der Waals surface area (Å²) >= 11 is 0. The monoisotopic (exact) mass is 400 g/mol. The first-order valence-electron chi connectivity index (χ1n) is 10.8. The predicted molar refractivity (Wildman–Crippen MR) is 111 cm³/mol. The molecule has 3 N–H and O–H groups in total. The molecular weight excluding hydrogens is 368 g/mol. The zero-order chi connectivity index (χ0) is 20.5. The second-order valence-electron chi connectivity index (χ2n) is 7.78. The van der Waals surface area contributed by atoms with Crippen molar-refractivity contribution >= 4 is 5.91 Å². The number of hydrogen-bond acceptors (Lipinski definition) is 6. The van der Waals surface area contributed by atoms with E-state index < -0.39 is 6.10 Å². The van der Waals surface area contributed by atoms with E-state index >= 15 is 0 Å². The van der Waals surface area contributed by atoms with Crippen LogP contribution in [-0.4, -0.2) is 39.8 Å². The van der Waals surface area contributed by atoms with Crippen LogP contribution in [0.15, 0.2) is 28.8 Å². The lowest BCUT2D eigenvalue weighted by Gasteiger charge is -2.26. The van der Waals surface area contributed by atoms with Gasteiger partial charge in [0.1, 0.15) is 0 Å². The average molecular weight is 401 g/mol. The highest BCUT2D eigenvalue weighted by Crippen LogP contribution is 2.19. The summed E-state index contributed by atoms with van der Waals surface area (Å²) in [5, 5.41) is 19.8. The summed E-state index contributed by atoms with van der Waals surface area (Å²) in [7, 11) is 0. The molecule has 0 spiro atoms. The van der Waals surface area contributed by atoms with Gasteiger partial charge in [0.05, 0.1) is 12.1 Å². The topological polar surface area (TPSA) is 100 Å². The maximum atomic E-state index is 12.2. The highest BCUT2D eigenvalue weighted by molar-refractivity contribution is 5.81. The third-order valence-corrected chi connectivity index (χ3v) is 5.33. The van der Waals surface area contributed by atoms with Crippen LogP contribution in [0.25, 0.3) is 11.5 Å². The molecule has 2 heterocycles. The molecular formula is C22H32N4O3. The van der Waals surface area contributed by atoms with E-state index in [2.05, 4.69) is 27.7 Å². The van der Waals surface area contributed by atoms with E-state index in [0.29, 0.717) is 31.8 Å². The van der Waals surface area contributed by atoms with Gasteiger partial charge in [-0.1, -0.05) is 49.9 Å². The summed E-state index contributed by atoms with van der Waals surface area (Å²) in [6.07, 6.45) is 7.68. The molecule has 2 unspecified atom stereocenters. The number of carbonyl (C=O) groups excluding carboxylic acids is 1. The van der Waals surface area contributed by atoms with E-state index in [-0.39, 0.29) is 11.9 Å². The van der Waals surface area contributed by atoms with Crippen molar-refractivity contribution in [2.75, 3.05) is 6.54 Å². The molecule has 158 valence electrons. The SMILES string of the molecule is CCCCCCCc1noc(-c2ccc(CNC(=O)C3CC(O)CCN3)cc2)n1. The number of hydrogen-bond donors (Lipinski definition) is 3. The lowest BCUT2D eigenvalue weighted by Crippen LogP contribution is -2.49. The van der Waals surface area contributed by atoms with Crippen molar-refractivity contribution in [2.24, 2.45) is 0 Å². The van der Waals surface area contributed by atoms with Gasteiger partial charge in [0.25, 0.3) is 5.89 Å². The minimum atomic E-state index is -0.401. The molecule has 29 heavy (non-hydrogen) atoms. The molecule has 0 saturated carbocycles. The highest BCUT2D eigenvalue weighted by Gasteiger charge is 2.25. The van der Waals surface area contributed by atoms with Gasteiger partial charge in [-0.05, 0) is 43.5 Å². The van der Waals surface area contributed by atoms with E-state index in [1.807, 2.05) is 24.3 Å². The Morgan fingerprint density at radius 1 is 1.24 bits per heavy atom. The van der Waals surface area contributed by atoms with Crippen LogP contribution in [0.2, 0.25) is 0 Å². The fourth-order valence-corrected chi connectivity index (χ4v) is 3.53. The molecule has 1 aliphatic rings. The van der Waals surface area contributed by atoms with Crippen LogP contribution in [0.3, 0.4) is 0 Å². The molecule has 3 rings (SSSR count). The van der Waals surface area contributed by atoms with Crippen LogP contribution >= 0.6 is 0 Å². The number of benzene rings is 1. The Balaban J connectivity index is 1.45. The molecule has 1 aromatic heterocycles. The van der Waals surface area contributed by atoms with Crippen molar-refractivity contribution in [2.45, 2.75) is 77.0 Å². The Bertz CT molecular complexity index is 760. The van der Waals surface area contributed by atoms with Gasteiger partial charge >= 0.3 is 0 Å². The third kappa shape index (κ3) is 6.65. The number of aryl methyl sites for hydroxylation is 1. The van der Waals surface area contributed by atoms with Gasteiger partial charge in [-0.2, -0.15) is 4.98 Å². The van der Waals surface area contributed by atoms with Crippen LogP contribution in [0, 0.1) is 0 Å². The molecule has 0 aliphatic carbocycles. The van der Waals surface area contributed by atoms with Gasteiger partial charge in [0.15, 0.2) is 5.82 Å². The molecule has 7 nitrogen and oxygen atoms in total. The van der Waals surface area contributed by atoms with Crippen LogP contribution in [0.4, 0.5) is 0 Å². The molecule has 1 saturated heterocycles. The molecule has 1 amide bonds. The lowest BCUT2D eigenvalue weighted by atomic mass is 10.0. The van der Waals surface area contributed by atoms with Crippen molar-refractivity contribution in [1.82, 2.24) is 20.8 Å². The van der Waals surface area contributed by atoms with Gasteiger partial charge in [-0.25, -0.2) is 0 Å². The van der Waals surface area contributed by atoms with Crippen molar-refractivity contribution in [3.63, 3.8) is 0 Å². The number of rotatable bonds is 10. The van der Waals surface area contributed by atoms with Crippen LogP contribution in [0.1, 0.15) is 63.3 Å². The number of amides is 1. The van der Waals surface area contributed by atoms with Crippen molar-refractivity contribution in [3.05, 3.63) is 35.7 Å². The Morgan fingerprint density at radius 2 is 2.03 bits per heavy atom. The summed E-state index contributed by atoms with van der Waals surface area (Å²) < 4.78 is 5.39. The largest absolute Gasteiger partial charge is 0.393 e. The lowest BCUT2D eigenvalue weighted by molar-refractivity contribution is -0.124. The maximum absolute atomic E-state index is 12.2. The van der Waals surface area contributed by atoms with Crippen molar-refractivity contribution in [1.29, 1.82) is 0 Å². The number of unbranched alkanes of at least 4 members (excludes halogenated alkanes) is 4. The summed E-state index contributed by atoms with van der Waals surface area (Å²) in [5.74, 6) is 1.22. The molecule has 0 bridgehead atoms. The molecule has 7 heteroatoms. The van der Waals surface area contributed by atoms with E-state index in [9.17, 15) is 9.90 Å². The summed E-state index contributed by atoms with van der Waals surface area (Å²) in [4.78, 5) is 16.7. The minimum Gasteiger partial charge on any atom is -0.393 e. The first-order chi connectivity index (χ1) is 14.2. The van der Waals surface area contributed by atoms with Gasteiger partial charge in [-0.15, -0.1) is 0 Å². The average Bonchev–Trinajstić information content (AvgIpc) is 3.21. The minimum absolute atomic E-state index is 0.0756. The van der Waals surface area contributed by atoms with Crippen LogP contribution in [-0.2, 0) is 17.8 Å².